The Labute approximate surface area is 144 Å². The van der Waals surface area contributed by atoms with Crippen molar-refractivity contribution in [1.82, 2.24) is 9.97 Å². The molecule has 122 valence electrons. The Morgan fingerprint density at radius 2 is 1.71 bits per heavy atom. The molecule has 0 aliphatic heterocycles. The molecule has 0 spiro atoms. The van der Waals surface area contributed by atoms with Crippen LogP contribution in [0.5, 0.6) is 0 Å². The maximum atomic E-state index is 13.8. The predicted octanol–water partition coefficient (Wildman–Crippen LogP) is 4.93. The van der Waals surface area contributed by atoms with E-state index in [2.05, 4.69) is 20.6 Å². The zero-order valence-electron chi connectivity index (χ0n) is 13.1. The SMILES string of the molecule is Cc1nc(NCc2ccccc2Cl)cc(Nc2ccccc2F)n1. The molecule has 2 aromatic carbocycles. The molecule has 0 amide bonds. The summed E-state index contributed by atoms with van der Waals surface area (Å²) in [6.07, 6.45) is 0. The highest BCUT2D eigenvalue weighted by Crippen LogP contribution is 2.21. The van der Waals surface area contributed by atoms with E-state index in [1.54, 1.807) is 31.2 Å². The van der Waals surface area contributed by atoms with Gasteiger partial charge in [0.15, 0.2) is 0 Å². The number of hydrogen-bond donors (Lipinski definition) is 2. The molecule has 1 heterocycles. The lowest BCUT2D eigenvalue weighted by Gasteiger charge is -2.11. The second kappa shape index (κ2) is 7.27. The summed E-state index contributed by atoms with van der Waals surface area (Å²) in [5.74, 6) is 1.41. The van der Waals surface area contributed by atoms with Crippen molar-refractivity contribution in [2.24, 2.45) is 0 Å². The molecule has 1 aromatic heterocycles. The fourth-order valence-electron chi connectivity index (χ4n) is 2.25. The van der Waals surface area contributed by atoms with Crippen LogP contribution in [0.2, 0.25) is 5.02 Å². The minimum absolute atomic E-state index is 0.334. The first-order valence-electron chi connectivity index (χ1n) is 7.46. The highest BCUT2D eigenvalue weighted by molar-refractivity contribution is 6.31. The Hall–Kier alpha value is -2.66. The lowest BCUT2D eigenvalue weighted by molar-refractivity contribution is 0.632. The molecular formula is C18H16ClFN4. The third-order valence-electron chi connectivity index (χ3n) is 3.39. The van der Waals surface area contributed by atoms with Gasteiger partial charge < -0.3 is 10.6 Å². The number of benzene rings is 2. The highest BCUT2D eigenvalue weighted by Gasteiger charge is 2.06. The van der Waals surface area contributed by atoms with Gasteiger partial charge in [-0.05, 0) is 30.7 Å². The summed E-state index contributed by atoms with van der Waals surface area (Å²) in [6, 6.07) is 15.8. The quantitative estimate of drug-likeness (QED) is 0.690. The first-order valence-corrected chi connectivity index (χ1v) is 7.84. The number of hydrogen-bond acceptors (Lipinski definition) is 4. The van der Waals surface area contributed by atoms with Crippen LogP contribution in [0.1, 0.15) is 11.4 Å². The van der Waals surface area contributed by atoms with Crippen molar-refractivity contribution in [2.45, 2.75) is 13.5 Å². The van der Waals surface area contributed by atoms with Crippen molar-refractivity contribution in [3.63, 3.8) is 0 Å². The molecule has 0 aliphatic carbocycles. The first-order chi connectivity index (χ1) is 11.6. The van der Waals surface area contributed by atoms with Gasteiger partial charge in [0.1, 0.15) is 23.3 Å². The molecule has 24 heavy (non-hydrogen) atoms. The second-order valence-corrected chi connectivity index (χ2v) is 5.64. The number of rotatable bonds is 5. The average molecular weight is 343 g/mol. The lowest BCUT2D eigenvalue weighted by atomic mass is 10.2. The molecular weight excluding hydrogens is 327 g/mol. The average Bonchev–Trinajstić information content (AvgIpc) is 2.56. The van der Waals surface area contributed by atoms with Gasteiger partial charge in [-0.25, -0.2) is 14.4 Å². The minimum Gasteiger partial charge on any atom is -0.366 e. The molecule has 6 heteroatoms. The Kier molecular flexibility index (Phi) is 4.91. The van der Waals surface area contributed by atoms with Crippen LogP contribution in [0.3, 0.4) is 0 Å². The summed E-state index contributed by atoms with van der Waals surface area (Å²) in [4.78, 5) is 8.63. The Balaban J connectivity index is 1.77. The van der Waals surface area contributed by atoms with Crippen molar-refractivity contribution >= 4 is 28.9 Å². The van der Waals surface area contributed by atoms with E-state index in [4.69, 9.17) is 11.6 Å². The molecule has 4 nitrogen and oxygen atoms in total. The summed E-state index contributed by atoms with van der Waals surface area (Å²) >= 11 is 6.15. The molecule has 0 radical (unpaired) electrons. The second-order valence-electron chi connectivity index (χ2n) is 5.24. The minimum atomic E-state index is -0.334. The van der Waals surface area contributed by atoms with Crippen LogP contribution in [-0.4, -0.2) is 9.97 Å². The van der Waals surface area contributed by atoms with E-state index in [0.29, 0.717) is 34.7 Å². The van der Waals surface area contributed by atoms with Crippen LogP contribution in [0, 0.1) is 12.7 Å². The monoisotopic (exact) mass is 342 g/mol. The number of aromatic nitrogens is 2. The van der Waals surface area contributed by atoms with Crippen LogP contribution in [0.4, 0.5) is 21.7 Å². The third kappa shape index (κ3) is 4.00. The van der Waals surface area contributed by atoms with Crippen molar-refractivity contribution < 1.29 is 4.39 Å². The van der Waals surface area contributed by atoms with Crippen LogP contribution in [0.25, 0.3) is 0 Å². The number of nitrogens with zero attached hydrogens (tertiary/aromatic N) is 2. The molecule has 0 aliphatic rings. The van der Waals surface area contributed by atoms with Gasteiger partial charge in [0.25, 0.3) is 0 Å². The predicted molar refractivity (Wildman–Crippen MR) is 95.2 cm³/mol. The van der Waals surface area contributed by atoms with Crippen molar-refractivity contribution in [2.75, 3.05) is 10.6 Å². The Morgan fingerprint density at radius 3 is 2.50 bits per heavy atom. The largest absolute Gasteiger partial charge is 0.366 e. The Morgan fingerprint density at radius 1 is 1.00 bits per heavy atom. The topological polar surface area (TPSA) is 49.8 Å². The fraction of sp³-hybridized carbons (Fsp3) is 0.111. The van der Waals surface area contributed by atoms with Crippen molar-refractivity contribution in [3.05, 3.63) is 76.8 Å². The third-order valence-corrected chi connectivity index (χ3v) is 3.76. The van der Waals surface area contributed by atoms with Crippen LogP contribution >= 0.6 is 11.6 Å². The normalized spacial score (nSPS) is 10.5. The molecule has 0 bridgehead atoms. The number of aryl methyl sites for hydroxylation is 1. The van der Waals surface area contributed by atoms with Gasteiger partial charge in [0.2, 0.25) is 0 Å². The summed E-state index contributed by atoms with van der Waals surface area (Å²) in [7, 11) is 0. The summed E-state index contributed by atoms with van der Waals surface area (Å²) in [5.41, 5.74) is 1.34. The molecule has 0 fully saturated rings. The number of nitrogens with one attached hydrogen (secondary N) is 2. The van der Waals surface area contributed by atoms with Gasteiger partial charge in [-0.1, -0.05) is 41.9 Å². The standard InChI is InChI=1S/C18H16ClFN4/c1-12-22-17(21-11-13-6-2-3-7-14(13)19)10-18(23-12)24-16-9-5-4-8-15(16)20/h2-10H,11H2,1H3,(H2,21,22,23,24). The molecule has 2 N–H and O–H groups in total. The summed E-state index contributed by atoms with van der Waals surface area (Å²) in [5, 5.41) is 6.88. The van der Waals surface area contributed by atoms with Crippen LogP contribution < -0.4 is 10.6 Å². The van der Waals surface area contributed by atoms with Crippen molar-refractivity contribution in [3.8, 4) is 0 Å². The number of para-hydroxylation sites is 1. The molecule has 0 saturated heterocycles. The fourth-order valence-corrected chi connectivity index (χ4v) is 2.45. The number of anilines is 3. The van der Waals surface area contributed by atoms with Gasteiger partial charge in [0.05, 0.1) is 5.69 Å². The molecule has 3 rings (SSSR count). The molecule has 0 saturated carbocycles. The van der Waals surface area contributed by atoms with E-state index in [0.717, 1.165) is 5.56 Å². The van der Waals surface area contributed by atoms with Crippen LogP contribution in [-0.2, 0) is 6.54 Å². The lowest BCUT2D eigenvalue weighted by Crippen LogP contribution is -2.05. The van der Waals surface area contributed by atoms with Crippen molar-refractivity contribution in [1.29, 1.82) is 0 Å². The highest BCUT2D eigenvalue weighted by atomic mass is 35.5. The van der Waals surface area contributed by atoms with Gasteiger partial charge in [-0.2, -0.15) is 0 Å². The van der Waals surface area contributed by atoms with Gasteiger partial charge in [-0.15, -0.1) is 0 Å². The first kappa shape index (κ1) is 16.2. The van der Waals surface area contributed by atoms with Crippen LogP contribution in [0.15, 0.2) is 54.6 Å². The van der Waals surface area contributed by atoms with Gasteiger partial charge in [-0.3, -0.25) is 0 Å². The maximum absolute atomic E-state index is 13.8. The van der Waals surface area contributed by atoms with Gasteiger partial charge >= 0.3 is 0 Å². The summed E-state index contributed by atoms with van der Waals surface area (Å²) in [6.45, 7) is 2.32. The van der Waals surface area contributed by atoms with E-state index in [1.165, 1.54) is 6.07 Å². The van der Waals surface area contributed by atoms with E-state index >= 15 is 0 Å². The molecule has 3 aromatic rings. The zero-order valence-corrected chi connectivity index (χ0v) is 13.8. The van der Waals surface area contributed by atoms with E-state index in [1.807, 2.05) is 24.3 Å². The Bertz CT molecular complexity index is 854. The number of halogens is 2. The smallest absolute Gasteiger partial charge is 0.146 e. The maximum Gasteiger partial charge on any atom is 0.146 e. The summed E-state index contributed by atoms with van der Waals surface area (Å²) < 4.78 is 13.8. The molecule has 0 atom stereocenters. The van der Waals surface area contributed by atoms with E-state index in [9.17, 15) is 4.39 Å². The van der Waals surface area contributed by atoms with Gasteiger partial charge in [0, 0.05) is 17.6 Å². The zero-order chi connectivity index (χ0) is 16.9. The van der Waals surface area contributed by atoms with E-state index < -0.39 is 0 Å². The molecule has 0 unspecified atom stereocenters. The van der Waals surface area contributed by atoms with E-state index in [-0.39, 0.29) is 5.82 Å².